The van der Waals surface area contributed by atoms with Gasteiger partial charge < -0.3 is 4.74 Å². The van der Waals surface area contributed by atoms with E-state index >= 15 is 0 Å². The Hall–Kier alpha value is -0.680. The van der Waals surface area contributed by atoms with Crippen LogP contribution in [-0.2, 0) is 6.42 Å². The van der Waals surface area contributed by atoms with Gasteiger partial charge in [0.1, 0.15) is 5.75 Å². The molecule has 0 atom stereocenters. The highest BCUT2D eigenvalue weighted by molar-refractivity contribution is 14.1. The summed E-state index contributed by atoms with van der Waals surface area (Å²) in [4.78, 5) is 2.58. The molecule has 0 N–H and O–H groups in total. The Morgan fingerprint density at radius 2 is 1.83 bits per heavy atom. The quantitative estimate of drug-likeness (QED) is 0.700. The molecule has 0 saturated heterocycles. The van der Waals surface area contributed by atoms with E-state index in [4.69, 9.17) is 4.74 Å². The van der Waals surface area contributed by atoms with E-state index in [-0.39, 0.29) is 0 Å². The first-order valence-electron chi connectivity index (χ1n) is 5.83. The predicted octanol–water partition coefficient (Wildman–Crippen LogP) is 5.01. The highest BCUT2D eigenvalue weighted by Crippen LogP contribution is 2.32. The second kappa shape index (κ2) is 6.48. The van der Waals surface area contributed by atoms with Gasteiger partial charge in [-0.2, -0.15) is 0 Å². The van der Waals surface area contributed by atoms with Crippen LogP contribution in [0.15, 0.2) is 52.3 Å². The minimum atomic E-state index is 0.901. The van der Waals surface area contributed by atoms with Gasteiger partial charge >= 0.3 is 0 Å². The first kappa shape index (κ1) is 13.7. The van der Waals surface area contributed by atoms with Gasteiger partial charge in [0.05, 0.1) is 7.11 Å². The standard InChI is InChI=1S/C15H15IOS/c1-3-11-10-12(16)4-9-15(11)18-14-7-5-13(17-2)6-8-14/h4-10H,3H2,1-2H3. The monoisotopic (exact) mass is 370 g/mol. The topological polar surface area (TPSA) is 9.23 Å². The molecule has 0 bridgehead atoms. The van der Waals surface area contributed by atoms with Gasteiger partial charge in [0.25, 0.3) is 0 Å². The van der Waals surface area contributed by atoms with Gasteiger partial charge in [0.2, 0.25) is 0 Å². The molecule has 0 aliphatic heterocycles. The lowest BCUT2D eigenvalue weighted by atomic mass is 10.2. The molecule has 0 spiro atoms. The third-order valence-corrected chi connectivity index (χ3v) is 4.49. The first-order chi connectivity index (χ1) is 8.72. The van der Waals surface area contributed by atoms with Crippen LogP contribution < -0.4 is 4.74 Å². The maximum Gasteiger partial charge on any atom is 0.118 e. The highest BCUT2D eigenvalue weighted by Gasteiger charge is 2.04. The molecule has 1 nitrogen and oxygen atoms in total. The van der Waals surface area contributed by atoms with Crippen LogP contribution in [0.3, 0.4) is 0 Å². The average Bonchev–Trinajstić information content (AvgIpc) is 2.41. The molecule has 0 aliphatic rings. The number of ether oxygens (including phenoxy) is 1. The third kappa shape index (κ3) is 3.42. The molecular formula is C15H15IOS. The maximum absolute atomic E-state index is 5.17. The summed E-state index contributed by atoms with van der Waals surface area (Å²) in [5.41, 5.74) is 1.41. The lowest BCUT2D eigenvalue weighted by molar-refractivity contribution is 0.414. The second-order valence-corrected chi connectivity index (χ2v) is 6.24. The van der Waals surface area contributed by atoms with E-state index in [1.807, 2.05) is 23.9 Å². The minimum Gasteiger partial charge on any atom is -0.497 e. The van der Waals surface area contributed by atoms with Crippen LogP contribution >= 0.6 is 34.4 Å². The zero-order valence-electron chi connectivity index (χ0n) is 10.4. The zero-order valence-corrected chi connectivity index (χ0v) is 13.4. The molecule has 0 saturated carbocycles. The molecule has 18 heavy (non-hydrogen) atoms. The van der Waals surface area contributed by atoms with Gasteiger partial charge in [0, 0.05) is 13.4 Å². The molecule has 2 rings (SSSR count). The molecule has 0 fully saturated rings. The normalized spacial score (nSPS) is 10.4. The SMILES string of the molecule is CCc1cc(I)ccc1Sc1ccc(OC)cc1. The molecule has 3 heteroatoms. The van der Waals surface area contributed by atoms with Gasteiger partial charge in [-0.1, -0.05) is 18.7 Å². The van der Waals surface area contributed by atoms with Crippen LogP contribution in [0.2, 0.25) is 0 Å². The van der Waals surface area contributed by atoms with Crippen molar-refractivity contribution in [2.75, 3.05) is 7.11 Å². The first-order valence-corrected chi connectivity index (χ1v) is 7.72. The fraction of sp³-hybridized carbons (Fsp3) is 0.200. The van der Waals surface area contributed by atoms with Crippen molar-refractivity contribution < 1.29 is 4.74 Å². The smallest absolute Gasteiger partial charge is 0.118 e. The van der Waals surface area contributed by atoms with E-state index in [0.717, 1.165) is 12.2 Å². The molecular weight excluding hydrogens is 355 g/mol. The van der Waals surface area contributed by atoms with Crippen LogP contribution in [0.4, 0.5) is 0 Å². The van der Waals surface area contributed by atoms with Crippen molar-refractivity contribution in [3.63, 3.8) is 0 Å². The van der Waals surface area contributed by atoms with Crippen LogP contribution in [0.5, 0.6) is 5.75 Å². The van der Waals surface area contributed by atoms with Crippen molar-refractivity contribution in [2.24, 2.45) is 0 Å². The summed E-state index contributed by atoms with van der Waals surface area (Å²) < 4.78 is 6.46. The summed E-state index contributed by atoms with van der Waals surface area (Å²) >= 11 is 4.17. The zero-order chi connectivity index (χ0) is 13.0. The van der Waals surface area contributed by atoms with E-state index in [1.165, 1.54) is 18.9 Å². The average molecular weight is 370 g/mol. The third-order valence-electron chi connectivity index (χ3n) is 2.69. The van der Waals surface area contributed by atoms with Crippen molar-refractivity contribution in [1.29, 1.82) is 0 Å². The second-order valence-electron chi connectivity index (χ2n) is 3.88. The molecule has 0 amide bonds. The van der Waals surface area contributed by atoms with Gasteiger partial charge in [-0.15, -0.1) is 0 Å². The van der Waals surface area contributed by atoms with Crippen LogP contribution in [0.25, 0.3) is 0 Å². The van der Waals surface area contributed by atoms with Crippen molar-refractivity contribution >= 4 is 34.4 Å². The Morgan fingerprint density at radius 3 is 2.44 bits per heavy atom. The number of hydrogen-bond acceptors (Lipinski definition) is 2. The van der Waals surface area contributed by atoms with Gasteiger partial charge in [-0.25, -0.2) is 0 Å². The van der Waals surface area contributed by atoms with Crippen molar-refractivity contribution in [2.45, 2.75) is 23.1 Å². The van der Waals surface area contributed by atoms with Crippen molar-refractivity contribution in [3.05, 3.63) is 51.6 Å². The summed E-state index contributed by atoms with van der Waals surface area (Å²) in [5, 5.41) is 0. The van der Waals surface area contributed by atoms with E-state index < -0.39 is 0 Å². The van der Waals surface area contributed by atoms with Crippen molar-refractivity contribution in [1.82, 2.24) is 0 Å². The molecule has 2 aromatic carbocycles. The minimum absolute atomic E-state index is 0.901. The number of aryl methyl sites for hydroxylation is 1. The maximum atomic E-state index is 5.17. The molecule has 94 valence electrons. The van der Waals surface area contributed by atoms with Gasteiger partial charge in [-0.05, 0) is 77.0 Å². The Morgan fingerprint density at radius 1 is 1.11 bits per heavy atom. The molecule has 0 heterocycles. The van der Waals surface area contributed by atoms with E-state index in [9.17, 15) is 0 Å². The van der Waals surface area contributed by atoms with E-state index in [1.54, 1.807) is 7.11 Å². The summed E-state index contributed by atoms with van der Waals surface area (Å²) in [5.74, 6) is 0.901. The number of rotatable bonds is 4. The Labute approximate surface area is 126 Å². The van der Waals surface area contributed by atoms with Crippen LogP contribution in [0, 0.1) is 3.57 Å². The molecule has 0 aliphatic carbocycles. The number of benzene rings is 2. The summed E-state index contributed by atoms with van der Waals surface area (Å²) in [6.45, 7) is 2.20. The van der Waals surface area contributed by atoms with Gasteiger partial charge in [0.15, 0.2) is 0 Å². The fourth-order valence-corrected chi connectivity index (χ4v) is 3.25. The molecule has 0 radical (unpaired) electrons. The fourth-order valence-electron chi connectivity index (χ4n) is 1.69. The van der Waals surface area contributed by atoms with Crippen molar-refractivity contribution in [3.8, 4) is 5.75 Å². The summed E-state index contributed by atoms with van der Waals surface area (Å²) in [6, 6.07) is 14.8. The Bertz CT molecular complexity index is 523. The molecule has 0 aromatic heterocycles. The Balaban J connectivity index is 2.22. The Kier molecular flexibility index (Phi) is 4.95. The van der Waals surface area contributed by atoms with E-state index in [0.29, 0.717) is 0 Å². The van der Waals surface area contributed by atoms with Gasteiger partial charge in [-0.3, -0.25) is 0 Å². The summed E-state index contributed by atoms with van der Waals surface area (Å²) in [6.07, 6.45) is 1.06. The number of halogens is 1. The number of methoxy groups -OCH3 is 1. The highest BCUT2D eigenvalue weighted by atomic mass is 127. The largest absolute Gasteiger partial charge is 0.497 e. The lowest BCUT2D eigenvalue weighted by Crippen LogP contribution is -1.87. The van der Waals surface area contributed by atoms with Crippen LogP contribution in [-0.4, -0.2) is 7.11 Å². The predicted molar refractivity (Wildman–Crippen MR) is 85.7 cm³/mol. The summed E-state index contributed by atoms with van der Waals surface area (Å²) in [7, 11) is 1.69. The lowest BCUT2D eigenvalue weighted by Gasteiger charge is -2.08. The number of hydrogen-bond donors (Lipinski definition) is 0. The van der Waals surface area contributed by atoms with Crippen LogP contribution in [0.1, 0.15) is 12.5 Å². The molecule has 0 unspecified atom stereocenters. The molecule has 2 aromatic rings. The van der Waals surface area contributed by atoms with E-state index in [2.05, 4.69) is 59.8 Å².